The van der Waals surface area contributed by atoms with Gasteiger partial charge in [0, 0.05) is 24.3 Å². The Balaban J connectivity index is 1.81. The van der Waals surface area contributed by atoms with E-state index in [0.29, 0.717) is 42.6 Å². The van der Waals surface area contributed by atoms with Crippen LogP contribution >= 0.6 is 11.6 Å². The highest BCUT2D eigenvalue weighted by molar-refractivity contribution is 6.30. The van der Waals surface area contributed by atoms with Gasteiger partial charge in [-0.2, -0.15) is 0 Å². The van der Waals surface area contributed by atoms with Crippen LogP contribution in [0.4, 0.5) is 5.69 Å². The molecular formula is C20H23ClN2O3. The van der Waals surface area contributed by atoms with Gasteiger partial charge < -0.3 is 14.8 Å². The second-order valence-corrected chi connectivity index (χ2v) is 7.14. The standard InChI is InChI=1S/C20H23ClN2O3/c1-14(2)26-18-8-7-17(13-22-18)23-19(24)20(9-11-25-12-10-20)15-3-5-16(21)6-4-15/h3-8,13-14H,9-12H2,1-2H3,(H,23,24). The van der Waals surface area contributed by atoms with Crippen LogP contribution in [0.15, 0.2) is 42.6 Å². The summed E-state index contributed by atoms with van der Waals surface area (Å²) >= 11 is 6.01. The zero-order valence-electron chi connectivity index (χ0n) is 15.0. The minimum absolute atomic E-state index is 0.0533. The molecule has 138 valence electrons. The summed E-state index contributed by atoms with van der Waals surface area (Å²) in [5, 5.41) is 3.65. The lowest BCUT2D eigenvalue weighted by atomic mass is 9.73. The number of hydrogen-bond donors (Lipinski definition) is 1. The van der Waals surface area contributed by atoms with E-state index in [9.17, 15) is 4.79 Å². The lowest BCUT2D eigenvalue weighted by Crippen LogP contribution is -2.44. The van der Waals surface area contributed by atoms with Crippen molar-refractivity contribution in [2.75, 3.05) is 18.5 Å². The van der Waals surface area contributed by atoms with E-state index in [0.717, 1.165) is 5.56 Å². The number of carbonyl (C=O) groups excluding carboxylic acids is 1. The molecule has 26 heavy (non-hydrogen) atoms. The van der Waals surface area contributed by atoms with Crippen molar-refractivity contribution in [3.8, 4) is 5.88 Å². The molecule has 2 aromatic rings. The van der Waals surface area contributed by atoms with E-state index in [-0.39, 0.29) is 12.0 Å². The van der Waals surface area contributed by atoms with Crippen LogP contribution in [-0.4, -0.2) is 30.2 Å². The summed E-state index contributed by atoms with van der Waals surface area (Å²) in [6, 6.07) is 11.0. The highest BCUT2D eigenvalue weighted by Gasteiger charge is 2.41. The first-order valence-corrected chi connectivity index (χ1v) is 9.15. The number of ether oxygens (including phenoxy) is 2. The van der Waals surface area contributed by atoms with E-state index in [1.54, 1.807) is 18.3 Å². The molecule has 1 aromatic carbocycles. The largest absolute Gasteiger partial charge is 0.475 e. The Bertz CT molecular complexity index is 739. The number of rotatable bonds is 5. The Morgan fingerprint density at radius 3 is 2.46 bits per heavy atom. The number of anilines is 1. The predicted octanol–water partition coefficient (Wildman–Crippen LogP) is 4.21. The van der Waals surface area contributed by atoms with Gasteiger partial charge >= 0.3 is 0 Å². The van der Waals surface area contributed by atoms with Gasteiger partial charge in [0.15, 0.2) is 0 Å². The molecule has 0 radical (unpaired) electrons. The summed E-state index contributed by atoms with van der Waals surface area (Å²) in [4.78, 5) is 17.4. The van der Waals surface area contributed by atoms with E-state index in [1.165, 1.54) is 0 Å². The summed E-state index contributed by atoms with van der Waals surface area (Å²) in [5.74, 6) is 0.485. The lowest BCUT2D eigenvalue weighted by molar-refractivity contribution is -0.125. The van der Waals surface area contributed by atoms with Crippen LogP contribution < -0.4 is 10.1 Å². The van der Waals surface area contributed by atoms with Crippen LogP contribution in [-0.2, 0) is 14.9 Å². The number of aromatic nitrogens is 1. The van der Waals surface area contributed by atoms with Gasteiger partial charge in [-0.3, -0.25) is 4.79 Å². The van der Waals surface area contributed by atoms with Gasteiger partial charge in [0.25, 0.3) is 0 Å². The number of hydrogen-bond acceptors (Lipinski definition) is 4. The second kappa shape index (κ2) is 8.06. The summed E-state index contributed by atoms with van der Waals surface area (Å²) in [5.41, 5.74) is 0.969. The summed E-state index contributed by atoms with van der Waals surface area (Å²) in [6.45, 7) is 4.99. The number of nitrogens with zero attached hydrogens (tertiary/aromatic N) is 1. The highest BCUT2D eigenvalue weighted by atomic mass is 35.5. The zero-order chi connectivity index (χ0) is 18.6. The average Bonchev–Trinajstić information content (AvgIpc) is 2.64. The Labute approximate surface area is 158 Å². The van der Waals surface area contributed by atoms with Crippen molar-refractivity contribution in [3.63, 3.8) is 0 Å². The Hall–Kier alpha value is -2.11. The van der Waals surface area contributed by atoms with E-state index in [2.05, 4.69) is 10.3 Å². The minimum atomic E-state index is -0.629. The molecule has 0 atom stereocenters. The third-order valence-electron chi connectivity index (χ3n) is 4.53. The van der Waals surface area contributed by atoms with Gasteiger partial charge in [0.2, 0.25) is 11.8 Å². The number of pyridine rings is 1. The Morgan fingerprint density at radius 2 is 1.88 bits per heavy atom. The van der Waals surface area contributed by atoms with E-state index >= 15 is 0 Å². The molecule has 1 aliphatic heterocycles. The van der Waals surface area contributed by atoms with Crippen molar-refractivity contribution >= 4 is 23.2 Å². The van der Waals surface area contributed by atoms with E-state index in [4.69, 9.17) is 21.1 Å². The quantitative estimate of drug-likeness (QED) is 0.851. The van der Waals surface area contributed by atoms with Crippen LogP contribution in [0, 0.1) is 0 Å². The van der Waals surface area contributed by atoms with Crippen LogP contribution in [0.2, 0.25) is 5.02 Å². The molecule has 1 saturated heterocycles. The van der Waals surface area contributed by atoms with Gasteiger partial charge in [0.05, 0.1) is 23.4 Å². The fraction of sp³-hybridized carbons (Fsp3) is 0.400. The van der Waals surface area contributed by atoms with Crippen molar-refractivity contribution < 1.29 is 14.3 Å². The molecule has 0 unspecified atom stereocenters. The fourth-order valence-corrected chi connectivity index (χ4v) is 3.28. The molecule has 1 fully saturated rings. The van der Waals surface area contributed by atoms with E-state index in [1.807, 2.05) is 38.1 Å². The molecule has 0 saturated carbocycles. The van der Waals surface area contributed by atoms with Crippen molar-refractivity contribution in [2.45, 2.75) is 38.2 Å². The maximum Gasteiger partial charge on any atom is 0.235 e. The van der Waals surface area contributed by atoms with Crippen LogP contribution in [0.25, 0.3) is 0 Å². The molecule has 5 nitrogen and oxygen atoms in total. The summed E-state index contributed by atoms with van der Waals surface area (Å²) < 4.78 is 11.0. The highest BCUT2D eigenvalue weighted by Crippen LogP contribution is 2.36. The third kappa shape index (κ3) is 4.17. The molecule has 3 rings (SSSR count). The Morgan fingerprint density at radius 1 is 1.19 bits per heavy atom. The first kappa shape index (κ1) is 18.7. The van der Waals surface area contributed by atoms with Gasteiger partial charge in [-0.25, -0.2) is 4.98 Å². The van der Waals surface area contributed by atoms with Crippen LogP contribution in [0.1, 0.15) is 32.3 Å². The molecule has 0 bridgehead atoms. The molecule has 1 amide bonds. The van der Waals surface area contributed by atoms with Crippen LogP contribution in [0.5, 0.6) is 5.88 Å². The molecule has 1 aliphatic rings. The maximum atomic E-state index is 13.2. The molecule has 1 N–H and O–H groups in total. The number of nitrogens with one attached hydrogen (secondary N) is 1. The summed E-state index contributed by atoms with van der Waals surface area (Å²) in [7, 11) is 0. The maximum absolute atomic E-state index is 13.2. The monoisotopic (exact) mass is 374 g/mol. The molecular weight excluding hydrogens is 352 g/mol. The van der Waals surface area contributed by atoms with Crippen molar-refractivity contribution in [1.29, 1.82) is 0 Å². The Kier molecular flexibility index (Phi) is 5.79. The number of amides is 1. The zero-order valence-corrected chi connectivity index (χ0v) is 15.8. The van der Waals surface area contributed by atoms with Crippen molar-refractivity contribution in [3.05, 3.63) is 53.2 Å². The first-order valence-electron chi connectivity index (χ1n) is 8.77. The smallest absolute Gasteiger partial charge is 0.235 e. The number of carbonyl (C=O) groups is 1. The molecule has 1 aromatic heterocycles. The molecule has 0 spiro atoms. The minimum Gasteiger partial charge on any atom is -0.475 e. The predicted molar refractivity (Wildman–Crippen MR) is 102 cm³/mol. The van der Waals surface area contributed by atoms with Gasteiger partial charge in [-0.1, -0.05) is 23.7 Å². The second-order valence-electron chi connectivity index (χ2n) is 6.71. The molecule has 0 aliphatic carbocycles. The van der Waals surface area contributed by atoms with Gasteiger partial charge in [0.1, 0.15) is 0 Å². The number of benzene rings is 1. The molecule has 6 heteroatoms. The normalized spacial score (nSPS) is 16.3. The third-order valence-corrected chi connectivity index (χ3v) is 4.78. The van der Waals surface area contributed by atoms with Gasteiger partial charge in [-0.15, -0.1) is 0 Å². The SMILES string of the molecule is CC(C)Oc1ccc(NC(=O)C2(c3ccc(Cl)cc3)CCOCC2)cn1. The topological polar surface area (TPSA) is 60.5 Å². The number of halogens is 1. The van der Waals surface area contributed by atoms with Crippen molar-refractivity contribution in [1.82, 2.24) is 4.98 Å². The fourth-order valence-electron chi connectivity index (χ4n) is 3.15. The van der Waals surface area contributed by atoms with E-state index < -0.39 is 5.41 Å². The van der Waals surface area contributed by atoms with Crippen molar-refractivity contribution in [2.24, 2.45) is 0 Å². The van der Waals surface area contributed by atoms with Crippen LogP contribution in [0.3, 0.4) is 0 Å². The lowest BCUT2D eigenvalue weighted by Gasteiger charge is -2.36. The first-order chi connectivity index (χ1) is 12.5. The average molecular weight is 375 g/mol. The van der Waals surface area contributed by atoms with Gasteiger partial charge in [-0.05, 0) is 50.5 Å². The summed E-state index contributed by atoms with van der Waals surface area (Å²) in [6.07, 6.45) is 2.92. The molecule has 2 heterocycles.